The Morgan fingerprint density at radius 1 is 1.26 bits per heavy atom. The quantitative estimate of drug-likeness (QED) is 0.747. The highest BCUT2D eigenvalue weighted by molar-refractivity contribution is 6.06. The summed E-state index contributed by atoms with van der Waals surface area (Å²) in [4.78, 5) is 25.4. The summed E-state index contributed by atoms with van der Waals surface area (Å²) >= 11 is 0. The molecule has 2 N–H and O–H groups in total. The van der Waals surface area contributed by atoms with Crippen LogP contribution in [0, 0.1) is 5.92 Å². The second-order valence-electron chi connectivity index (χ2n) is 6.36. The third-order valence-corrected chi connectivity index (χ3v) is 4.27. The number of amides is 3. The number of carbonyl (C=O) groups excluding carboxylic acids is 2. The van der Waals surface area contributed by atoms with E-state index in [1.165, 1.54) is 0 Å². The summed E-state index contributed by atoms with van der Waals surface area (Å²) in [6.45, 7) is 5.83. The van der Waals surface area contributed by atoms with Crippen molar-refractivity contribution in [1.82, 2.24) is 10.2 Å². The normalized spacial score (nSPS) is 22.6. The summed E-state index contributed by atoms with van der Waals surface area (Å²) in [6, 6.07) is 9.13. The highest BCUT2D eigenvalue weighted by atomic mass is 16.5. The molecular formula is C17H24N2O4. The van der Waals surface area contributed by atoms with Crippen molar-refractivity contribution in [2.24, 2.45) is 5.92 Å². The molecule has 1 heterocycles. The van der Waals surface area contributed by atoms with E-state index in [1.54, 1.807) is 6.92 Å². The zero-order valence-corrected chi connectivity index (χ0v) is 13.8. The number of imide groups is 1. The maximum Gasteiger partial charge on any atom is 0.325 e. The number of aliphatic hydroxyl groups excluding tert-OH is 1. The minimum Gasteiger partial charge on any atom is -0.389 e. The molecule has 3 amide bonds. The summed E-state index contributed by atoms with van der Waals surface area (Å²) in [5.41, 5.74) is 0.0869. The van der Waals surface area contributed by atoms with Crippen molar-refractivity contribution >= 4 is 11.9 Å². The SMILES string of the molecule is CC(C)[C@@]1(C)NC(=O)N(C[C@@H](O)COCc2ccccc2)C1=O. The first-order chi connectivity index (χ1) is 10.8. The van der Waals surface area contributed by atoms with E-state index in [1.807, 2.05) is 44.2 Å². The van der Waals surface area contributed by atoms with Gasteiger partial charge in [-0.3, -0.25) is 9.69 Å². The van der Waals surface area contributed by atoms with Crippen LogP contribution in [0.4, 0.5) is 4.79 Å². The van der Waals surface area contributed by atoms with Gasteiger partial charge in [0.1, 0.15) is 5.54 Å². The summed E-state index contributed by atoms with van der Waals surface area (Å²) < 4.78 is 5.44. The number of rotatable bonds is 7. The van der Waals surface area contributed by atoms with Crippen molar-refractivity contribution in [1.29, 1.82) is 0 Å². The average molecular weight is 320 g/mol. The smallest absolute Gasteiger partial charge is 0.325 e. The van der Waals surface area contributed by atoms with Crippen LogP contribution in [-0.4, -0.2) is 46.7 Å². The van der Waals surface area contributed by atoms with Gasteiger partial charge in [-0.2, -0.15) is 0 Å². The Labute approximate surface area is 136 Å². The van der Waals surface area contributed by atoms with E-state index in [-0.39, 0.29) is 25.0 Å². The molecule has 6 nitrogen and oxygen atoms in total. The van der Waals surface area contributed by atoms with Crippen molar-refractivity contribution in [2.45, 2.75) is 39.0 Å². The lowest BCUT2D eigenvalue weighted by Gasteiger charge is -2.26. The van der Waals surface area contributed by atoms with Crippen LogP contribution in [0.3, 0.4) is 0 Å². The number of β-amino-alcohol motifs (C(OH)–C–C–N with tert-alkyl or cyclic N) is 1. The highest BCUT2D eigenvalue weighted by Crippen LogP contribution is 2.25. The van der Waals surface area contributed by atoms with E-state index in [0.29, 0.717) is 6.61 Å². The van der Waals surface area contributed by atoms with Gasteiger partial charge in [-0.1, -0.05) is 44.2 Å². The molecule has 1 aromatic carbocycles. The van der Waals surface area contributed by atoms with E-state index in [2.05, 4.69) is 5.32 Å². The molecule has 1 fully saturated rings. The Bertz CT molecular complexity index is 561. The van der Waals surface area contributed by atoms with E-state index in [0.717, 1.165) is 10.5 Å². The van der Waals surface area contributed by atoms with Gasteiger partial charge in [-0.15, -0.1) is 0 Å². The molecule has 0 spiro atoms. The van der Waals surface area contributed by atoms with E-state index in [9.17, 15) is 14.7 Å². The highest BCUT2D eigenvalue weighted by Gasteiger charge is 2.49. The van der Waals surface area contributed by atoms with Gasteiger partial charge in [0.15, 0.2) is 0 Å². The molecule has 1 saturated heterocycles. The number of aliphatic hydroxyl groups is 1. The lowest BCUT2D eigenvalue weighted by Crippen LogP contribution is -2.49. The predicted molar refractivity (Wildman–Crippen MR) is 85.6 cm³/mol. The monoisotopic (exact) mass is 320 g/mol. The molecule has 0 aliphatic carbocycles. The molecule has 0 aromatic heterocycles. The Kier molecular flexibility index (Phi) is 5.38. The van der Waals surface area contributed by atoms with Crippen molar-refractivity contribution < 1.29 is 19.4 Å². The number of ether oxygens (including phenoxy) is 1. The standard InChI is InChI=1S/C17H24N2O4/c1-12(2)17(3)15(21)19(16(22)18-17)9-14(20)11-23-10-13-7-5-4-6-8-13/h4-8,12,14,20H,9-11H2,1-3H3,(H,18,22)/t14-,17-/m1/s1. The van der Waals surface area contributed by atoms with Crippen LogP contribution in [-0.2, 0) is 16.1 Å². The second kappa shape index (κ2) is 7.10. The molecule has 0 saturated carbocycles. The van der Waals surface area contributed by atoms with Gasteiger partial charge < -0.3 is 15.2 Å². The van der Waals surface area contributed by atoms with Crippen LogP contribution in [0.2, 0.25) is 0 Å². The zero-order chi connectivity index (χ0) is 17.0. The van der Waals surface area contributed by atoms with Crippen molar-refractivity contribution in [2.75, 3.05) is 13.2 Å². The van der Waals surface area contributed by atoms with Gasteiger partial charge in [0.25, 0.3) is 5.91 Å². The minimum absolute atomic E-state index is 0.0320. The Hall–Kier alpha value is -1.92. The summed E-state index contributed by atoms with van der Waals surface area (Å²) in [7, 11) is 0. The molecule has 6 heteroatoms. The number of benzene rings is 1. The minimum atomic E-state index is -0.915. The molecule has 0 radical (unpaired) electrons. The molecule has 0 bridgehead atoms. The fourth-order valence-electron chi connectivity index (χ4n) is 2.42. The van der Waals surface area contributed by atoms with E-state index in [4.69, 9.17) is 4.74 Å². The molecule has 126 valence electrons. The lowest BCUT2D eigenvalue weighted by molar-refractivity contribution is -0.133. The number of hydrogen-bond donors (Lipinski definition) is 2. The number of urea groups is 1. The lowest BCUT2D eigenvalue weighted by atomic mass is 9.88. The van der Waals surface area contributed by atoms with Crippen LogP contribution >= 0.6 is 0 Å². The van der Waals surface area contributed by atoms with Crippen LogP contribution in [0.15, 0.2) is 30.3 Å². The van der Waals surface area contributed by atoms with Crippen LogP contribution in [0.1, 0.15) is 26.3 Å². The third kappa shape index (κ3) is 3.89. The van der Waals surface area contributed by atoms with Crippen molar-refractivity contribution in [3.05, 3.63) is 35.9 Å². The Balaban J connectivity index is 1.84. The summed E-state index contributed by atoms with van der Waals surface area (Å²) in [6.07, 6.45) is -0.914. The fourth-order valence-corrected chi connectivity index (χ4v) is 2.42. The van der Waals surface area contributed by atoms with Gasteiger partial charge in [0.2, 0.25) is 0 Å². The first kappa shape index (κ1) is 17.4. The molecular weight excluding hydrogens is 296 g/mol. The van der Waals surface area contributed by atoms with E-state index >= 15 is 0 Å². The maximum absolute atomic E-state index is 12.4. The number of nitrogens with zero attached hydrogens (tertiary/aromatic N) is 1. The van der Waals surface area contributed by atoms with Gasteiger partial charge in [-0.25, -0.2) is 4.79 Å². The molecule has 0 unspecified atom stereocenters. The summed E-state index contributed by atoms with van der Waals surface area (Å²) in [5.74, 6) is -0.338. The Morgan fingerprint density at radius 2 is 1.91 bits per heavy atom. The van der Waals surface area contributed by atoms with Crippen molar-refractivity contribution in [3.63, 3.8) is 0 Å². The van der Waals surface area contributed by atoms with Gasteiger partial charge in [-0.05, 0) is 18.4 Å². The topological polar surface area (TPSA) is 78.9 Å². The van der Waals surface area contributed by atoms with Gasteiger partial charge in [0.05, 0.1) is 25.9 Å². The van der Waals surface area contributed by atoms with Gasteiger partial charge >= 0.3 is 6.03 Å². The first-order valence-electron chi connectivity index (χ1n) is 7.78. The zero-order valence-electron chi connectivity index (χ0n) is 13.8. The molecule has 1 aliphatic rings. The second-order valence-corrected chi connectivity index (χ2v) is 6.36. The van der Waals surface area contributed by atoms with Crippen LogP contribution < -0.4 is 5.32 Å². The maximum atomic E-state index is 12.4. The number of carbonyl (C=O) groups is 2. The fraction of sp³-hybridized carbons (Fsp3) is 0.529. The molecule has 2 atom stereocenters. The largest absolute Gasteiger partial charge is 0.389 e. The van der Waals surface area contributed by atoms with Crippen LogP contribution in [0.5, 0.6) is 0 Å². The van der Waals surface area contributed by atoms with Crippen LogP contribution in [0.25, 0.3) is 0 Å². The first-order valence-corrected chi connectivity index (χ1v) is 7.78. The average Bonchev–Trinajstić information content (AvgIpc) is 2.73. The summed E-state index contributed by atoms with van der Waals surface area (Å²) in [5, 5.41) is 12.7. The molecule has 1 aromatic rings. The van der Waals surface area contributed by atoms with Crippen molar-refractivity contribution in [3.8, 4) is 0 Å². The third-order valence-electron chi connectivity index (χ3n) is 4.27. The Morgan fingerprint density at radius 3 is 2.48 bits per heavy atom. The number of hydrogen-bond acceptors (Lipinski definition) is 4. The molecule has 1 aliphatic heterocycles. The predicted octanol–water partition coefficient (Wildman–Crippen LogP) is 1.53. The van der Waals surface area contributed by atoms with E-state index < -0.39 is 17.7 Å². The van der Waals surface area contributed by atoms with Gasteiger partial charge in [0, 0.05) is 0 Å². The number of nitrogens with one attached hydrogen (secondary N) is 1. The molecule has 2 rings (SSSR count). The molecule has 23 heavy (non-hydrogen) atoms.